The van der Waals surface area contributed by atoms with Gasteiger partial charge in [-0.2, -0.15) is 0 Å². The second-order valence-corrected chi connectivity index (χ2v) is 17.1. The van der Waals surface area contributed by atoms with Gasteiger partial charge in [0.25, 0.3) is 0 Å². The van der Waals surface area contributed by atoms with Gasteiger partial charge in [0.1, 0.15) is 22.8 Å². The van der Waals surface area contributed by atoms with Crippen LogP contribution in [0.15, 0.2) is 114 Å². The molecule has 8 rings (SSSR count). The van der Waals surface area contributed by atoms with E-state index in [1.807, 2.05) is 127 Å². The number of para-hydroxylation sites is 3. The molecule has 0 radical (unpaired) electrons. The number of nitrogens with zero attached hydrogens (tertiary/aromatic N) is 4. The molecule has 5 heteroatoms. The van der Waals surface area contributed by atoms with E-state index in [2.05, 4.69) is 60.7 Å². The minimum Gasteiger partial charge on any atom is -0.455 e. The van der Waals surface area contributed by atoms with Crippen molar-refractivity contribution in [3.05, 3.63) is 132 Å². The lowest BCUT2D eigenvalue weighted by molar-refractivity contribution is 0.411. The highest BCUT2D eigenvalue weighted by Gasteiger charge is 2.26. The van der Waals surface area contributed by atoms with E-state index in [1.165, 1.54) is 0 Å². The summed E-state index contributed by atoms with van der Waals surface area (Å²) in [6, 6.07) is 34.0. The SMILES string of the molecule is [2H]C(C)(C)c1cc(-c2ccc(C([2H])([2H])C(C)(C)C)cc2)cc(C([2H])(C)C)c1-n1c(-c2cccc3c2oc2cc(-c4ccnc(C(C)(C)C)n4)ccc23)nc2ccccc21. The van der Waals surface area contributed by atoms with Crippen LogP contribution in [0.1, 0.15) is 109 Å². The Morgan fingerprint density at radius 1 is 0.709 bits per heavy atom. The third-order valence-corrected chi connectivity index (χ3v) is 10.1. The van der Waals surface area contributed by atoms with Crippen LogP contribution in [-0.4, -0.2) is 19.5 Å². The van der Waals surface area contributed by atoms with Gasteiger partial charge in [-0.15, -0.1) is 0 Å². The first-order valence-electron chi connectivity index (χ1n) is 21.1. The van der Waals surface area contributed by atoms with E-state index >= 15 is 0 Å². The second kappa shape index (κ2) is 13.6. The number of hydrogen-bond acceptors (Lipinski definition) is 4. The number of benzene rings is 5. The van der Waals surface area contributed by atoms with Gasteiger partial charge in [0.05, 0.1) is 28.0 Å². The standard InChI is InChI=1S/C50H52N4O/c1-30(2)39-26-35(33-20-18-32(19-21-33)29-49(5,6)7)27-40(31(3)4)45(39)54-43-17-12-11-16-42(43)52-47(54)38-15-13-14-37-36-23-22-34(28-44(36)55-46(37)38)41-24-25-51-48(53-41)50(8,9)10/h11-28,30-31H,29H2,1-10H3/i29D2,30D,31D. The Hall–Kier alpha value is -5.55. The highest BCUT2D eigenvalue weighted by atomic mass is 16.3. The molecule has 5 aromatic carbocycles. The van der Waals surface area contributed by atoms with Crippen molar-refractivity contribution in [1.29, 1.82) is 0 Å². The van der Waals surface area contributed by atoms with Crippen molar-refractivity contribution in [2.75, 3.05) is 0 Å². The summed E-state index contributed by atoms with van der Waals surface area (Å²) in [5.74, 6) is -0.752. The molecule has 0 aliphatic carbocycles. The molecule has 0 atom stereocenters. The molecule has 0 bridgehead atoms. The number of hydrogen-bond donors (Lipinski definition) is 0. The maximum atomic E-state index is 9.61. The Kier molecular flexibility index (Phi) is 7.87. The smallest absolute Gasteiger partial charge is 0.149 e. The number of imidazole rings is 1. The lowest BCUT2D eigenvalue weighted by atomic mass is 9.86. The Morgan fingerprint density at radius 3 is 2.07 bits per heavy atom. The predicted octanol–water partition coefficient (Wildman–Crippen LogP) is 13.8. The quantitative estimate of drug-likeness (QED) is 0.164. The molecule has 55 heavy (non-hydrogen) atoms. The molecule has 0 fully saturated rings. The Morgan fingerprint density at radius 2 is 1.40 bits per heavy atom. The van der Waals surface area contributed by atoms with Gasteiger partial charge in [0.15, 0.2) is 0 Å². The first-order valence-corrected chi connectivity index (χ1v) is 19.1. The van der Waals surface area contributed by atoms with Crippen molar-refractivity contribution in [2.45, 2.75) is 92.8 Å². The number of rotatable bonds is 7. The Balaban J connectivity index is 1.36. The largest absolute Gasteiger partial charge is 0.455 e. The highest BCUT2D eigenvalue weighted by molar-refractivity contribution is 6.10. The van der Waals surface area contributed by atoms with E-state index in [0.29, 0.717) is 17.0 Å². The molecule has 0 aliphatic heterocycles. The first kappa shape index (κ1) is 31.8. The lowest BCUT2D eigenvalue weighted by Gasteiger charge is -2.24. The third-order valence-electron chi connectivity index (χ3n) is 10.1. The molecule has 278 valence electrons. The average molecular weight is 729 g/mol. The van der Waals surface area contributed by atoms with Crippen molar-refractivity contribution in [2.24, 2.45) is 5.41 Å². The van der Waals surface area contributed by atoms with Crippen LogP contribution >= 0.6 is 0 Å². The van der Waals surface area contributed by atoms with Crippen molar-refractivity contribution in [3.8, 4) is 39.5 Å². The van der Waals surface area contributed by atoms with E-state index in [1.54, 1.807) is 0 Å². The van der Waals surface area contributed by atoms with E-state index in [9.17, 15) is 2.74 Å². The summed E-state index contributed by atoms with van der Waals surface area (Å²) in [5, 5.41) is 1.93. The Bertz CT molecular complexity index is 2860. The van der Waals surface area contributed by atoms with Gasteiger partial charge in [-0.1, -0.05) is 124 Å². The number of furan rings is 1. The van der Waals surface area contributed by atoms with E-state index < -0.39 is 23.6 Å². The van der Waals surface area contributed by atoms with Crippen molar-refractivity contribution in [3.63, 3.8) is 0 Å². The van der Waals surface area contributed by atoms with E-state index in [0.717, 1.165) is 78.0 Å². The molecule has 0 saturated carbocycles. The fourth-order valence-electron chi connectivity index (χ4n) is 7.43. The van der Waals surface area contributed by atoms with Crippen LogP contribution in [0.25, 0.3) is 72.4 Å². The summed E-state index contributed by atoms with van der Waals surface area (Å²) < 4.78 is 45.8. The zero-order valence-electron chi connectivity index (χ0n) is 37.6. The van der Waals surface area contributed by atoms with Crippen LogP contribution in [0.4, 0.5) is 0 Å². The van der Waals surface area contributed by atoms with Gasteiger partial charge in [-0.05, 0) is 99.9 Å². The van der Waals surface area contributed by atoms with E-state index in [-0.39, 0.29) is 5.41 Å². The maximum Gasteiger partial charge on any atom is 0.149 e. The molecule has 0 spiro atoms. The van der Waals surface area contributed by atoms with Crippen LogP contribution in [0.3, 0.4) is 0 Å². The number of aromatic nitrogens is 4. The minimum atomic E-state index is -1.53. The zero-order chi connectivity index (χ0) is 42.4. The summed E-state index contributed by atoms with van der Waals surface area (Å²) >= 11 is 0. The summed E-state index contributed by atoms with van der Waals surface area (Å²) in [6.45, 7) is 19.6. The lowest BCUT2D eigenvalue weighted by Crippen LogP contribution is -2.15. The molecular weight excluding hydrogens is 673 g/mol. The monoisotopic (exact) mass is 728 g/mol. The van der Waals surface area contributed by atoms with Gasteiger partial charge in [0.2, 0.25) is 0 Å². The predicted molar refractivity (Wildman–Crippen MR) is 230 cm³/mol. The van der Waals surface area contributed by atoms with Gasteiger partial charge >= 0.3 is 0 Å². The normalized spacial score (nSPS) is 14.3. The van der Waals surface area contributed by atoms with Gasteiger partial charge in [-0.3, -0.25) is 4.57 Å². The molecule has 8 aromatic rings. The minimum absolute atomic E-state index is 0.194. The second-order valence-electron chi connectivity index (χ2n) is 17.1. The molecule has 3 aromatic heterocycles. The maximum absolute atomic E-state index is 9.61. The molecule has 0 aliphatic rings. The summed E-state index contributed by atoms with van der Waals surface area (Å²) in [4.78, 5) is 14.7. The van der Waals surface area contributed by atoms with Crippen LogP contribution in [0, 0.1) is 5.41 Å². The van der Waals surface area contributed by atoms with Gasteiger partial charge in [-0.25, -0.2) is 15.0 Å². The number of fused-ring (bicyclic) bond motifs is 4. The van der Waals surface area contributed by atoms with Crippen LogP contribution in [-0.2, 0) is 11.8 Å². The molecule has 0 amide bonds. The molecule has 0 unspecified atom stereocenters. The van der Waals surface area contributed by atoms with Gasteiger partial charge in [0, 0.05) is 33.4 Å². The van der Waals surface area contributed by atoms with E-state index in [4.69, 9.17) is 17.1 Å². The molecular formula is C50H52N4O. The van der Waals surface area contributed by atoms with Crippen molar-refractivity contribution in [1.82, 2.24) is 19.5 Å². The molecule has 0 N–H and O–H groups in total. The zero-order valence-corrected chi connectivity index (χ0v) is 33.6. The first-order chi connectivity index (χ1) is 27.5. The fourth-order valence-corrected chi connectivity index (χ4v) is 7.43. The summed E-state index contributed by atoms with van der Waals surface area (Å²) in [5.41, 5.74) is 9.43. The van der Waals surface area contributed by atoms with Crippen molar-refractivity contribution < 1.29 is 9.90 Å². The topological polar surface area (TPSA) is 56.7 Å². The highest BCUT2D eigenvalue weighted by Crippen LogP contribution is 2.43. The van der Waals surface area contributed by atoms with Crippen LogP contribution < -0.4 is 0 Å². The summed E-state index contributed by atoms with van der Waals surface area (Å²) in [7, 11) is 0. The van der Waals surface area contributed by atoms with Crippen LogP contribution in [0.5, 0.6) is 0 Å². The van der Waals surface area contributed by atoms with Crippen molar-refractivity contribution >= 4 is 33.0 Å². The third kappa shape index (κ3) is 6.86. The molecule has 0 saturated heterocycles. The fraction of sp³-hybridized carbons (Fsp3) is 0.300. The van der Waals surface area contributed by atoms with Gasteiger partial charge < -0.3 is 4.42 Å². The van der Waals surface area contributed by atoms with Crippen LogP contribution in [0.2, 0.25) is 0 Å². The average Bonchev–Trinajstić information content (AvgIpc) is 3.74. The Labute approximate surface area is 331 Å². The summed E-state index contributed by atoms with van der Waals surface area (Å²) in [6.07, 6.45) is 0.277. The molecule has 3 heterocycles. The molecule has 5 nitrogen and oxygen atoms in total.